The molecule has 1 saturated heterocycles. The van der Waals surface area contributed by atoms with Gasteiger partial charge in [-0.1, -0.05) is 12.1 Å². The average molecular weight is 518 g/mol. The summed E-state index contributed by atoms with van der Waals surface area (Å²) in [6.45, 7) is 1.15. The molecule has 2 aromatic heterocycles. The van der Waals surface area contributed by atoms with Crippen LogP contribution in [0, 0.1) is 5.92 Å². The number of fused-ring (bicyclic) bond motifs is 1. The van der Waals surface area contributed by atoms with Crippen molar-refractivity contribution in [3.05, 3.63) is 42.7 Å². The Kier molecular flexibility index (Phi) is 7.60. The number of pyridine rings is 1. The topological polar surface area (TPSA) is 80.7 Å². The van der Waals surface area contributed by atoms with Crippen LogP contribution in [0.3, 0.4) is 0 Å². The molecule has 0 unspecified atom stereocenters. The van der Waals surface area contributed by atoms with Crippen molar-refractivity contribution in [2.24, 2.45) is 5.92 Å². The number of benzene rings is 1. The molecule has 11 heteroatoms. The highest BCUT2D eigenvalue weighted by Crippen LogP contribution is 2.43. The van der Waals surface area contributed by atoms with Crippen molar-refractivity contribution in [2.75, 3.05) is 45.3 Å². The molecule has 1 aliphatic heterocycles. The number of nitrogens with zero attached hydrogens (tertiary/aromatic N) is 5. The third-order valence-electron chi connectivity index (χ3n) is 6.40. The monoisotopic (exact) mass is 517 g/mol. The maximum atomic E-state index is 13.2. The molecule has 3 aromatic rings. The van der Waals surface area contributed by atoms with Crippen LogP contribution in [0.25, 0.3) is 22.3 Å². The van der Waals surface area contributed by atoms with Crippen LogP contribution in [0.2, 0.25) is 0 Å². The van der Waals surface area contributed by atoms with E-state index in [9.17, 15) is 13.6 Å². The van der Waals surface area contributed by atoms with Crippen molar-refractivity contribution in [3.63, 3.8) is 0 Å². The lowest BCUT2D eigenvalue weighted by Crippen LogP contribution is -2.53. The lowest BCUT2D eigenvalue weighted by Gasteiger charge is -2.40. The van der Waals surface area contributed by atoms with Gasteiger partial charge in [0.25, 0.3) is 0 Å². The van der Waals surface area contributed by atoms with Crippen LogP contribution in [-0.2, 0) is 9.53 Å². The summed E-state index contributed by atoms with van der Waals surface area (Å²) in [6.07, 6.45) is 2.05. The number of morpholine rings is 1. The van der Waals surface area contributed by atoms with Crippen molar-refractivity contribution < 1.29 is 23.0 Å². The lowest BCUT2D eigenvalue weighted by molar-refractivity contribution is -0.166. The molecule has 2 fully saturated rings. The molecule has 8 nitrogen and oxygen atoms in total. The first-order chi connectivity index (χ1) is 16.8. The van der Waals surface area contributed by atoms with E-state index in [2.05, 4.69) is 9.97 Å². The first-order valence-corrected chi connectivity index (χ1v) is 11.6. The molecule has 1 amide bonds. The quantitative estimate of drug-likeness (QED) is 0.495. The maximum absolute atomic E-state index is 13.2. The van der Waals surface area contributed by atoms with Gasteiger partial charge in [-0.25, -0.2) is 18.7 Å². The fourth-order valence-electron chi connectivity index (χ4n) is 4.41. The molecule has 3 heterocycles. The Morgan fingerprint density at radius 3 is 2.61 bits per heavy atom. The highest BCUT2D eigenvalue weighted by atomic mass is 32.1. The maximum Gasteiger partial charge on any atom is 0.249 e. The summed E-state index contributed by atoms with van der Waals surface area (Å²) in [5.74, 6) is -3.24. The fourth-order valence-corrected chi connectivity index (χ4v) is 4.41. The summed E-state index contributed by atoms with van der Waals surface area (Å²) in [6, 6.07) is 9.87. The van der Waals surface area contributed by atoms with Crippen LogP contribution < -0.4 is 9.64 Å². The van der Waals surface area contributed by atoms with Gasteiger partial charge in [0, 0.05) is 63.0 Å². The fraction of sp³-hybridized carbons (Fsp3) is 0.440. The van der Waals surface area contributed by atoms with Gasteiger partial charge < -0.3 is 19.3 Å². The minimum atomic E-state index is -2.72. The summed E-state index contributed by atoms with van der Waals surface area (Å²) < 4.78 is 38.2. The van der Waals surface area contributed by atoms with Crippen LogP contribution in [-0.4, -0.2) is 78.2 Å². The van der Waals surface area contributed by atoms with E-state index in [1.807, 2.05) is 49.3 Å². The molecule has 192 valence electrons. The van der Waals surface area contributed by atoms with Gasteiger partial charge in [-0.15, -0.1) is 0 Å². The zero-order valence-electron chi connectivity index (χ0n) is 20.2. The number of carbonyl (C=O) groups excluding carboxylic acids is 1. The molecule has 0 N–H and O–H groups in total. The molecule has 1 saturated carbocycles. The molecule has 1 aromatic carbocycles. The number of carbonyl (C=O) groups is 1. The Balaban J connectivity index is 0.00000304. The zero-order chi connectivity index (χ0) is 24.6. The first kappa shape index (κ1) is 26.0. The predicted octanol–water partition coefficient (Wildman–Crippen LogP) is 3.52. The van der Waals surface area contributed by atoms with Crippen LogP contribution >= 0.6 is 13.5 Å². The van der Waals surface area contributed by atoms with Gasteiger partial charge in [0.15, 0.2) is 5.52 Å². The summed E-state index contributed by atoms with van der Waals surface area (Å²) >= 11 is 0. The Morgan fingerprint density at radius 1 is 1.19 bits per heavy atom. The second kappa shape index (κ2) is 10.5. The number of alkyl halides is 2. The Morgan fingerprint density at radius 2 is 1.92 bits per heavy atom. The van der Waals surface area contributed by atoms with E-state index in [0.717, 1.165) is 11.3 Å². The van der Waals surface area contributed by atoms with E-state index in [1.54, 1.807) is 17.3 Å². The smallest absolute Gasteiger partial charge is 0.249 e. The van der Waals surface area contributed by atoms with Gasteiger partial charge in [-0.3, -0.25) is 9.78 Å². The van der Waals surface area contributed by atoms with Crippen molar-refractivity contribution in [1.82, 2.24) is 19.9 Å². The third-order valence-corrected chi connectivity index (χ3v) is 6.40. The van der Waals surface area contributed by atoms with Gasteiger partial charge >= 0.3 is 0 Å². The van der Waals surface area contributed by atoms with E-state index in [-0.39, 0.29) is 45.4 Å². The summed E-state index contributed by atoms with van der Waals surface area (Å²) in [4.78, 5) is 29.7. The molecule has 0 spiro atoms. The van der Waals surface area contributed by atoms with Crippen molar-refractivity contribution in [1.29, 1.82) is 0 Å². The largest absolute Gasteiger partial charge is 0.473 e. The average Bonchev–Trinajstić information content (AvgIpc) is 2.85. The van der Waals surface area contributed by atoms with E-state index in [0.29, 0.717) is 35.8 Å². The Hall–Kier alpha value is -3.05. The number of anilines is 1. The molecule has 36 heavy (non-hydrogen) atoms. The minimum Gasteiger partial charge on any atom is -0.473 e. The number of hydrogen-bond donors (Lipinski definition) is 0. The van der Waals surface area contributed by atoms with E-state index in [1.165, 1.54) is 0 Å². The number of halogens is 2. The number of hydrogen-bond acceptors (Lipinski definition) is 7. The number of amides is 1. The SMILES string of the molecule is CN(C)c1ccc(-c2cc3nccnc3c(OC[C@@H]3CN(C(=O)C4CC(F)(F)C4)CCO3)n2)cc1.S. The number of ether oxygens (including phenoxy) is 2. The van der Waals surface area contributed by atoms with Crippen LogP contribution in [0.15, 0.2) is 42.7 Å². The van der Waals surface area contributed by atoms with E-state index >= 15 is 0 Å². The standard InChI is InChI=1S/C25H27F2N5O3.H2S/c1-31(2)18-5-3-16(4-6-18)20-11-21-22(29-8-7-28-21)23(30-20)35-15-19-14-32(9-10-34-19)24(33)17-12-25(26,27)13-17;/h3-8,11,17,19H,9-10,12-15H2,1-2H3;1H2/t19-;/m0./s1. The highest BCUT2D eigenvalue weighted by molar-refractivity contribution is 7.59. The first-order valence-electron chi connectivity index (χ1n) is 11.6. The van der Waals surface area contributed by atoms with Gasteiger partial charge in [0.2, 0.25) is 17.7 Å². The Bertz CT molecular complexity index is 1220. The molecule has 0 bridgehead atoms. The molecule has 2 aliphatic rings. The normalized spacial score (nSPS) is 19.3. The Labute approximate surface area is 215 Å². The van der Waals surface area contributed by atoms with Crippen LogP contribution in [0.4, 0.5) is 14.5 Å². The third kappa shape index (κ3) is 5.52. The van der Waals surface area contributed by atoms with Gasteiger partial charge in [-0.05, 0) is 18.2 Å². The summed E-state index contributed by atoms with van der Waals surface area (Å²) in [7, 11) is 3.96. The van der Waals surface area contributed by atoms with Crippen molar-refractivity contribution >= 4 is 36.1 Å². The molecule has 5 rings (SSSR count). The van der Waals surface area contributed by atoms with E-state index < -0.39 is 17.9 Å². The molecular weight excluding hydrogens is 488 g/mol. The van der Waals surface area contributed by atoms with Crippen LogP contribution in [0.1, 0.15) is 12.8 Å². The van der Waals surface area contributed by atoms with Crippen molar-refractivity contribution in [3.8, 4) is 17.1 Å². The molecule has 1 atom stereocenters. The second-order valence-corrected chi connectivity index (χ2v) is 9.23. The van der Waals surface area contributed by atoms with Gasteiger partial charge in [-0.2, -0.15) is 13.5 Å². The number of rotatable bonds is 6. The minimum absolute atomic E-state index is 0. The number of aromatic nitrogens is 3. The zero-order valence-corrected chi connectivity index (χ0v) is 21.2. The van der Waals surface area contributed by atoms with E-state index in [4.69, 9.17) is 14.5 Å². The second-order valence-electron chi connectivity index (χ2n) is 9.23. The molecule has 1 aliphatic carbocycles. The molecule has 0 radical (unpaired) electrons. The predicted molar refractivity (Wildman–Crippen MR) is 137 cm³/mol. The van der Waals surface area contributed by atoms with Crippen LogP contribution in [0.5, 0.6) is 5.88 Å². The van der Waals surface area contributed by atoms with Crippen molar-refractivity contribution in [2.45, 2.75) is 24.9 Å². The van der Waals surface area contributed by atoms with Gasteiger partial charge in [0.05, 0.1) is 24.4 Å². The summed E-state index contributed by atoms with van der Waals surface area (Å²) in [5.41, 5.74) is 3.87. The molecular formula is C25H29F2N5O3S. The lowest BCUT2D eigenvalue weighted by atomic mass is 9.80. The highest BCUT2D eigenvalue weighted by Gasteiger charge is 2.50. The van der Waals surface area contributed by atoms with Gasteiger partial charge in [0.1, 0.15) is 12.7 Å². The summed E-state index contributed by atoms with van der Waals surface area (Å²) in [5, 5.41) is 0.